The molecule has 2 aromatic carbocycles. The number of benzene rings is 2. The molecule has 0 unspecified atom stereocenters. The lowest BCUT2D eigenvalue weighted by Gasteiger charge is -2.27. The molecule has 2 heterocycles. The van der Waals surface area contributed by atoms with Crippen molar-refractivity contribution < 1.29 is 18.5 Å². The highest BCUT2D eigenvalue weighted by molar-refractivity contribution is 6.61. The lowest BCUT2D eigenvalue weighted by molar-refractivity contribution is -0.0561. The molecule has 1 aliphatic heterocycles. The average molecular weight is 327 g/mol. The summed E-state index contributed by atoms with van der Waals surface area (Å²) >= 11 is 0. The van der Waals surface area contributed by atoms with Crippen LogP contribution in [0.15, 0.2) is 42.6 Å². The fourth-order valence-electron chi connectivity index (χ4n) is 2.89. The van der Waals surface area contributed by atoms with Crippen molar-refractivity contribution in [1.82, 2.24) is 10.2 Å². The van der Waals surface area contributed by atoms with Crippen LogP contribution in [0.1, 0.15) is 5.56 Å². The van der Waals surface area contributed by atoms with Gasteiger partial charge in [-0.25, -0.2) is 0 Å². The molecule has 0 bridgehead atoms. The summed E-state index contributed by atoms with van der Waals surface area (Å²) in [6.45, 7) is -0.828. The van der Waals surface area contributed by atoms with Crippen LogP contribution in [0.4, 0.5) is 14.5 Å². The molecule has 3 aromatic rings. The summed E-state index contributed by atoms with van der Waals surface area (Å²) in [5, 5.41) is 18.5. The number of alkyl halides is 2. The number of hydrogen-bond acceptors (Lipinski definition) is 5. The third-order valence-electron chi connectivity index (χ3n) is 4.14. The molecule has 0 amide bonds. The molecule has 1 aliphatic rings. The van der Waals surface area contributed by atoms with Crippen LogP contribution in [0.2, 0.25) is 0 Å². The van der Waals surface area contributed by atoms with E-state index in [9.17, 15) is 13.8 Å². The van der Waals surface area contributed by atoms with E-state index in [0.717, 1.165) is 10.9 Å². The number of aromatic nitrogens is 2. The van der Waals surface area contributed by atoms with Gasteiger partial charge >= 0.3 is 7.12 Å². The minimum Gasteiger partial charge on any atom is -0.423 e. The molecule has 0 spiro atoms. The van der Waals surface area contributed by atoms with Gasteiger partial charge in [-0.1, -0.05) is 24.3 Å². The van der Waals surface area contributed by atoms with Crippen LogP contribution in [-0.4, -0.2) is 28.9 Å². The largest absolute Gasteiger partial charge is 0.491 e. The lowest BCUT2D eigenvalue weighted by atomic mass is 9.71. The van der Waals surface area contributed by atoms with E-state index in [1.165, 1.54) is 18.3 Å². The molecule has 5 nitrogen and oxygen atoms in total. The second-order valence-corrected chi connectivity index (χ2v) is 5.70. The van der Waals surface area contributed by atoms with Gasteiger partial charge in [0, 0.05) is 10.9 Å². The highest BCUT2D eigenvalue weighted by atomic mass is 19.3. The van der Waals surface area contributed by atoms with Gasteiger partial charge in [0.2, 0.25) is 0 Å². The van der Waals surface area contributed by atoms with Gasteiger partial charge < -0.3 is 15.4 Å². The Balaban J connectivity index is 1.85. The Morgan fingerprint density at radius 1 is 1.17 bits per heavy atom. The minimum absolute atomic E-state index is 0.0718. The SMILES string of the molecule is Nc1cnnc2cc(-c3ccc4c(c3)B(O)OCC4(F)F)ccc12. The van der Waals surface area contributed by atoms with Crippen LogP contribution in [-0.2, 0) is 10.6 Å². The maximum atomic E-state index is 13.9. The third kappa shape index (κ3) is 2.31. The summed E-state index contributed by atoms with van der Waals surface area (Å²) < 4.78 is 32.5. The van der Waals surface area contributed by atoms with Gasteiger partial charge in [0.05, 0.1) is 24.0 Å². The lowest BCUT2D eigenvalue weighted by Crippen LogP contribution is -2.47. The first kappa shape index (κ1) is 15.0. The van der Waals surface area contributed by atoms with E-state index < -0.39 is 19.6 Å². The molecule has 0 radical (unpaired) electrons. The standard InChI is InChI=1S/C16H12BF2N3O2/c18-16(19)8-24-17(23)13-5-9(2-4-12(13)16)10-1-3-11-14(20)7-21-22-15(11)6-10/h1-7,23H,8H2,(H2,20,22). The van der Waals surface area contributed by atoms with Gasteiger partial charge in [-0.2, -0.15) is 19.0 Å². The normalized spacial score (nSPS) is 16.2. The fraction of sp³-hybridized carbons (Fsp3) is 0.125. The first-order valence-electron chi connectivity index (χ1n) is 7.29. The second-order valence-electron chi connectivity index (χ2n) is 5.70. The number of nitrogens with two attached hydrogens (primary N) is 1. The summed E-state index contributed by atoms with van der Waals surface area (Å²) in [4.78, 5) is 0. The average Bonchev–Trinajstić information content (AvgIpc) is 2.58. The van der Waals surface area contributed by atoms with E-state index in [2.05, 4.69) is 10.2 Å². The molecule has 1 aromatic heterocycles. The van der Waals surface area contributed by atoms with Crippen LogP contribution in [0.3, 0.4) is 0 Å². The van der Waals surface area contributed by atoms with Crippen molar-refractivity contribution in [2.75, 3.05) is 12.3 Å². The zero-order valence-electron chi connectivity index (χ0n) is 12.4. The van der Waals surface area contributed by atoms with Gasteiger partial charge in [0.25, 0.3) is 5.92 Å². The summed E-state index contributed by atoms with van der Waals surface area (Å²) in [6, 6.07) is 9.81. The molecular weight excluding hydrogens is 315 g/mol. The smallest absolute Gasteiger partial charge is 0.423 e. The third-order valence-corrected chi connectivity index (χ3v) is 4.14. The van der Waals surface area contributed by atoms with E-state index in [1.54, 1.807) is 18.2 Å². The van der Waals surface area contributed by atoms with Gasteiger partial charge in [-0.15, -0.1) is 0 Å². The predicted molar refractivity (Wildman–Crippen MR) is 86.8 cm³/mol. The summed E-state index contributed by atoms with van der Waals surface area (Å²) in [5.41, 5.74) is 8.25. The minimum atomic E-state index is -3.11. The molecule has 0 atom stereocenters. The molecule has 24 heavy (non-hydrogen) atoms. The van der Waals surface area contributed by atoms with Gasteiger partial charge in [0.1, 0.15) is 0 Å². The summed E-state index contributed by atoms with van der Waals surface area (Å²) in [6.07, 6.45) is 1.47. The van der Waals surface area contributed by atoms with Gasteiger partial charge in [-0.05, 0) is 28.7 Å². The number of anilines is 1. The van der Waals surface area contributed by atoms with E-state index in [4.69, 9.17) is 10.4 Å². The molecule has 0 saturated carbocycles. The topological polar surface area (TPSA) is 81.3 Å². The zero-order chi connectivity index (χ0) is 16.9. The Kier molecular flexibility index (Phi) is 3.26. The van der Waals surface area contributed by atoms with Gasteiger partial charge in [0.15, 0.2) is 0 Å². The maximum Gasteiger partial charge on any atom is 0.491 e. The highest BCUT2D eigenvalue weighted by Gasteiger charge is 2.43. The molecule has 3 N–H and O–H groups in total. The van der Waals surface area contributed by atoms with Crippen LogP contribution in [0.25, 0.3) is 22.0 Å². The number of nitrogens with zero attached hydrogens (tertiary/aromatic N) is 2. The van der Waals surface area contributed by atoms with Crippen LogP contribution < -0.4 is 11.2 Å². The second kappa shape index (κ2) is 5.22. The van der Waals surface area contributed by atoms with Crippen molar-refractivity contribution in [3.05, 3.63) is 48.2 Å². The van der Waals surface area contributed by atoms with Crippen molar-refractivity contribution in [3.8, 4) is 11.1 Å². The van der Waals surface area contributed by atoms with Crippen molar-refractivity contribution in [2.24, 2.45) is 0 Å². The Morgan fingerprint density at radius 3 is 2.75 bits per heavy atom. The summed E-state index contributed by atoms with van der Waals surface area (Å²) in [7, 11) is -1.37. The number of hydrogen-bond donors (Lipinski definition) is 2. The van der Waals surface area contributed by atoms with Crippen molar-refractivity contribution >= 4 is 29.2 Å². The van der Waals surface area contributed by atoms with Crippen LogP contribution in [0.5, 0.6) is 0 Å². The van der Waals surface area contributed by atoms with E-state index in [0.29, 0.717) is 16.8 Å². The monoisotopic (exact) mass is 327 g/mol. The van der Waals surface area contributed by atoms with Crippen LogP contribution in [0, 0.1) is 0 Å². The molecule has 0 saturated heterocycles. The summed E-state index contributed by atoms with van der Waals surface area (Å²) in [5.74, 6) is -3.11. The zero-order valence-corrected chi connectivity index (χ0v) is 12.4. The quantitative estimate of drug-likeness (QED) is 0.665. The Hall–Kier alpha value is -2.58. The Morgan fingerprint density at radius 2 is 1.92 bits per heavy atom. The molecular formula is C16H12BF2N3O2. The van der Waals surface area contributed by atoms with E-state index in [-0.39, 0.29) is 11.0 Å². The molecule has 120 valence electrons. The van der Waals surface area contributed by atoms with Crippen molar-refractivity contribution in [3.63, 3.8) is 0 Å². The Labute approximate surface area is 136 Å². The van der Waals surface area contributed by atoms with Crippen LogP contribution >= 0.6 is 0 Å². The fourth-order valence-corrected chi connectivity index (χ4v) is 2.89. The number of rotatable bonds is 1. The number of nitrogen functional groups attached to an aromatic ring is 1. The highest BCUT2D eigenvalue weighted by Crippen LogP contribution is 2.33. The van der Waals surface area contributed by atoms with Crippen molar-refractivity contribution in [2.45, 2.75) is 5.92 Å². The molecule has 8 heteroatoms. The maximum absolute atomic E-state index is 13.9. The molecule has 4 rings (SSSR count). The first-order chi connectivity index (χ1) is 11.5. The van der Waals surface area contributed by atoms with Crippen molar-refractivity contribution in [1.29, 1.82) is 0 Å². The molecule has 0 fully saturated rings. The van der Waals surface area contributed by atoms with E-state index >= 15 is 0 Å². The Bertz CT molecular complexity index is 952. The van der Waals surface area contributed by atoms with E-state index in [1.807, 2.05) is 6.07 Å². The number of fused-ring (bicyclic) bond motifs is 2. The molecule has 0 aliphatic carbocycles. The number of halogens is 2. The van der Waals surface area contributed by atoms with Gasteiger partial charge in [-0.3, -0.25) is 0 Å². The first-order valence-corrected chi connectivity index (χ1v) is 7.29. The predicted octanol–water partition coefficient (Wildman–Crippen LogP) is 1.69.